The lowest BCUT2D eigenvalue weighted by Crippen LogP contribution is -2.37. The van der Waals surface area contributed by atoms with Gasteiger partial charge in [-0.2, -0.15) is 18.3 Å². The van der Waals surface area contributed by atoms with Crippen molar-refractivity contribution in [2.75, 3.05) is 5.32 Å². The van der Waals surface area contributed by atoms with Gasteiger partial charge in [-0.25, -0.2) is 4.68 Å². The first-order valence-corrected chi connectivity index (χ1v) is 4.77. The summed E-state index contributed by atoms with van der Waals surface area (Å²) >= 11 is 0. The van der Waals surface area contributed by atoms with Gasteiger partial charge in [-0.05, 0) is 20.3 Å². The Kier molecular flexibility index (Phi) is 2.17. The zero-order valence-corrected chi connectivity index (χ0v) is 8.47. The number of rotatable bonds is 0. The number of nitrogens with zero attached hydrogens (tertiary/aromatic N) is 2. The van der Waals surface area contributed by atoms with E-state index in [0.29, 0.717) is 11.5 Å². The molecule has 0 spiro atoms. The van der Waals surface area contributed by atoms with Crippen molar-refractivity contribution in [3.8, 4) is 0 Å². The standard InChI is InChI=1S/C9H12F3N3/c1-5-3-7(9(10,11)12)15-8(13-5)4-6(2)14-15/h4-5,7,13H,3H2,1-2H3/t5-,7-/m1/s1. The molecular formula is C9H12F3N3. The van der Waals surface area contributed by atoms with E-state index in [0.717, 1.165) is 4.68 Å². The molecule has 0 bridgehead atoms. The molecule has 1 aromatic rings. The smallest absolute Gasteiger partial charge is 0.368 e. The van der Waals surface area contributed by atoms with Crippen LogP contribution in [0.4, 0.5) is 19.0 Å². The van der Waals surface area contributed by atoms with E-state index in [9.17, 15) is 13.2 Å². The molecule has 1 aliphatic heterocycles. The molecule has 0 radical (unpaired) electrons. The molecule has 1 aromatic heterocycles. The van der Waals surface area contributed by atoms with Crippen LogP contribution in [0.15, 0.2) is 6.07 Å². The highest BCUT2D eigenvalue weighted by Crippen LogP contribution is 2.39. The second-order valence-corrected chi connectivity index (χ2v) is 3.95. The molecule has 0 fully saturated rings. The summed E-state index contributed by atoms with van der Waals surface area (Å²) in [5.74, 6) is 0.452. The van der Waals surface area contributed by atoms with Crippen molar-refractivity contribution in [1.82, 2.24) is 9.78 Å². The second-order valence-electron chi connectivity index (χ2n) is 3.95. The zero-order valence-electron chi connectivity index (χ0n) is 8.47. The van der Waals surface area contributed by atoms with Crippen LogP contribution in [0.2, 0.25) is 0 Å². The monoisotopic (exact) mass is 219 g/mol. The van der Waals surface area contributed by atoms with Crippen molar-refractivity contribution >= 4 is 5.82 Å². The average molecular weight is 219 g/mol. The molecule has 0 saturated carbocycles. The Morgan fingerprint density at radius 1 is 1.53 bits per heavy atom. The Bertz CT molecular complexity index is 369. The fourth-order valence-electron chi connectivity index (χ4n) is 1.88. The summed E-state index contributed by atoms with van der Waals surface area (Å²) in [6.07, 6.45) is -4.21. The van der Waals surface area contributed by atoms with Gasteiger partial charge >= 0.3 is 6.18 Å². The van der Waals surface area contributed by atoms with Gasteiger partial charge in [0.1, 0.15) is 5.82 Å². The number of aromatic nitrogens is 2. The van der Waals surface area contributed by atoms with E-state index in [2.05, 4.69) is 10.4 Å². The Morgan fingerprint density at radius 2 is 2.20 bits per heavy atom. The molecule has 84 valence electrons. The predicted octanol–water partition coefficient (Wildman–Crippen LogP) is 2.50. The topological polar surface area (TPSA) is 29.9 Å². The van der Waals surface area contributed by atoms with Gasteiger partial charge in [-0.3, -0.25) is 0 Å². The SMILES string of the molecule is Cc1cc2n(n1)[C@@H](C(F)(F)F)C[C@@H](C)N2. The van der Waals surface area contributed by atoms with Crippen LogP contribution in [0.5, 0.6) is 0 Å². The summed E-state index contributed by atoms with van der Waals surface area (Å²) in [6.45, 7) is 3.43. The van der Waals surface area contributed by atoms with E-state index < -0.39 is 12.2 Å². The van der Waals surface area contributed by atoms with Crippen LogP contribution in [-0.4, -0.2) is 22.0 Å². The summed E-state index contributed by atoms with van der Waals surface area (Å²) in [4.78, 5) is 0. The van der Waals surface area contributed by atoms with Gasteiger partial charge in [0.15, 0.2) is 6.04 Å². The van der Waals surface area contributed by atoms with Crippen molar-refractivity contribution in [3.63, 3.8) is 0 Å². The summed E-state index contributed by atoms with van der Waals surface area (Å²) in [6, 6.07) is -0.0494. The maximum Gasteiger partial charge on any atom is 0.410 e. The molecule has 2 heterocycles. The summed E-state index contributed by atoms with van der Waals surface area (Å²) < 4.78 is 39.2. The van der Waals surface area contributed by atoms with Crippen LogP contribution in [-0.2, 0) is 0 Å². The van der Waals surface area contributed by atoms with Crippen LogP contribution in [0, 0.1) is 6.92 Å². The maximum absolute atomic E-state index is 12.7. The van der Waals surface area contributed by atoms with E-state index in [1.165, 1.54) is 0 Å². The molecule has 3 nitrogen and oxygen atoms in total. The van der Waals surface area contributed by atoms with Gasteiger partial charge in [-0.1, -0.05) is 0 Å². The van der Waals surface area contributed by atoms with Crippen molar-refractivity contribution < 1.29 is 13.2 Å². The molecule has 2 atom stereocenters. The number of fused-ring (bicyclic) bond motifs is 1. The minimum atomic E-state index is -4.23. The number of alkyl halides is 3. The van der Waals surface area contributed by atoms with E-state index in [1.807, 2.05) is 0 Å². The minimum absolute atomic E-state index is 0.0254. The van der Waals surface area contributed by atoms with Crippen molar-refractivity contribution in [1.29, 1.82) is 0 Å². The third-order valence-corrected chi connectivity index (χ3v) is 2.50. The van der Waals surface area contributed by atoms with Crippen LogP contribution >= 0.6 is 0 Å². The second kappa shape index (κ2) is 3.15. The average Bonchev–Trinajstić information content (AvgIpc) is 2.41. The molecular weight excluding hydrogens is 207 g/mol. The first-order valence-electron chi connectivity index (χ1n) is 4.77. The normalized spacial score (nSPS) is 25.9. The zero-order chi connectivity index (χ0) is 11.2. The highest BCUT2D eigenvalue weighted by Gasteiger charge is 2.45. The largest absolute Gasteiger partial charge is 0.410 e. The lowest BCUT2D eigenvalue weighted by molar-refractivity contribution is -0.173. The number of anilines is 1. The highest BCUT2D eigenvalue weighted by molar-refractivity contribution is 5.40. The quantitative estimate of drug-likeness (QED) is 0.726. The molecule has 6 heteroatoms. The number of nitrogens with one attached hydrogen (secondary N) is 1. The molecule has 0 saturated heterocycles. The number of hydrogen-bond donors (Lipinski definition) is 1. The number of aryl methyl sites for hydroxylation is 1. The summed E-state index contributed by atoms with van der Waals surface area (Å²) in [5.41, 5.74) is 0.598. The fourth-order valence-corrected chi connectivity index (χ4v) is 1.88. The van der Waals surface area contributed by atoms with Crippen LogP contribution in [0.3, 0.4) is 0 Å². The van der Waals surface area contributed by atoms with E-state index in [4.69, 9.17) is 0 Å². The molecule has 1 N–H and O–H groups in total. The van der Waals surface area contributed by atoms with Crippen molar-refractivity contribution in [2.24, 2.45) is 0 Å². The lowest BCUT2D eigenvalue weighted by Gasteiger charge is -2.31. The molecule has 0 unspecified atom stereocenters. The highest BCUT2D eigenvalue weighted by atomic mass is 19.4. The van der Waals surface area contributed by atoms with Crippen molar-refractivity contribution in [2.45, 2.75) is 38.5 Å². The van der Waals surface area contributed by atoms with Crippen LogP contribution < -0.4 is 5.32 Å². The van der Waals surface area contributed by atoms with E-state index in [-0.39, 0.29) is 12.5 Å². The molecule has 2 rings (SSSR count). The Labute approximate surface area is 85.3 Å². The molecule has 0 aromatic carbocycles. The van der Waals surface area contributed by atoms with Crippen LogP contribution in [0.25, 0.3) is 0 Å². The van der Waals surface area contributed by atoms with Gasteiger partial charge in [0, 0.05) is 12.1 Å². The van der Waals surface area contributed by atoms with Gasteiger partial charge < -0.3 is 5.32 Å². The van der Waals surface area contributed by atoms with Gasteiger partial charge in [0.2, 0.25) is 0 Å². The molecule has 0 aliphatic carbocycles. The number of halogens is 3. The number of hydrogen-bond acceptors (Lipinski definition) is 2. The van der Waals surface area contributed by atoms with Gasteiger partial charge in [-0.15, -0.1) is 0 Å². The summed E-state index contributed by atoms with van der Waals surface area (Å²) in [7, 11) is 0. The first kappa shape index (κ1) is 10.3. The van der Waals surface area contributed by atoms with Crippen molar-refractivity contribution in [3.05, 3.63) is 11.8 Å². The Balaban J connectivity index is 2.42. The maximum atomic E-state index is 12.7. The Morgan fingerprint density at radius 3 is 2.80 bits per heavy atom. The predicted molar refractivity (Wildman–Crippen MR) is 49.8 cm³/mol. The lowest BCUT2D eigenvalue weighted by atomic mass is 10.1. The third kappa shape index (κ3) is 1.80. The third-order valence-electron chi connectivity index (χ3n) is 2.50. The van der Waals surface area contributed by atoms with E-state index in [1.54, 1.807) is 19.9 Å². The summed E-state index contributed by atoms with van der Waals surface area (Å²) in [5, 5.41) is 6.85. The molecule has 0 amide bonds. The van der Waals surface area contributed by atoms with E-state index >= 15 is 0 Å². The molecule has 15 heavy (non-hydrogen) atoms. The Hall–Kier alpha value is -1.20. The molecule has 1 aliphatic rings. The van der Waals surface area contributed by atoms with Gasteiger partial charge in [0.25, 0.3) is 0 Å². The van der Waals surface area contributed by atoms with Crippen LogP contribution in [0.1, 0.15) is 25.1 Å². The first-order chi connectivity index (χ1) is 6.88. The minimum Gasteiger partial charge on any atom is -0.368 e. The fraction of sp³-hybridized carbons (Fsp3) is 0.667. The van der Waals surface area contributed by atoms with Gasteiger partial charge in [0.05, 0.1) is 5.69 Å².